The summed E-state index contributed by atoms with van der Waals surface area (Å²) in [5.41, 5.74) is 0. The Morgan fingerprint density at radius 1 is 1.46 bits per heavy atom. The molecule has 0 aliphatic rings. The summed E-state index contributed by atoms with van der Waals surface area (Å²) in [7, 11) is 0. The summed E-state index contributed by atoms with van der Waals surface area (Å²) in [5, 5.41) is 8.34. The highest BCUT2D eigenvalue weighted by Crippen LogP contribution is 2.10. The van der Waals surface area contributed by atoms with Crippen LogP contribution >= 0.6 is 15.9 Å². The molecular weight excluding hydrogens is 232 g/mol. The quantitative estimate of drug-likeness (QED) is 0.576. The van der Waals surface area contributed by atoms with Crippen molar-refractivity contribution >= 4 is 21.9 Å². The molecule has 0 amide bonds. The van der Waals surface area contributed by atoms with Crippen LogP contribution in [0.2, 0.25) is 0 Å². The molecular formula is C10H13BrO2. The zero-order valence-electron chi connectivity index (χ0n) is 7.37. The van der Waals surface area contributed by atoms with Crippen molar-refractivity contribution in [1.29, 1.82) is 0 Å². The monoisotopic (exact) mass is 244 g/mol. The molecule has 3 heteroatoms. The summed E-state index contributed by atoms with van der Waals surface area (Å²) >= 11 is 3.34. The lowest BCUT2D eigenvalue weighted by atomic mass is 10.2. The number of hydrogen-bond acceptors (Lipinski definition) is 1. The summed E-state index contributed by atoms with van der Waals surface area (Å²) in [4.78, 5) is 10.1. The zero-order chi connectivity index (χ0) is 10.1. The van der Waals surface area contributed by atoms with E-state index >= 15 is 0 Å². The fraction of sp³-hybridized carbons (Fsp3) is 0.300. The van der Waals surface area contributed by atoms with Gasteiger partial charge in [-0.15, -0.1) is 0 Å². The fourth-order valence-electron chi connectivity index (χ4n) is 0.716. The summed E-state index contributed by atoms with van der Waals surface area (Å²) in [6.45, 7) is 3.56. The van der Waals surface area contributed by atoms with Gasteiger partial charge in [0.25, 0.3) is 0 Å². The normalized spacial score (nSPS) is 11.9. The fourth-order valence-corrected chi connectivity index (χ4v) is 1.09. The van der Waals surface area contributed by atoms with Gasteiger partial charge in [-0.05, 0) is 17.3 Å². The van der Waals surface area contributed by atoms with Crippen LogP contribution in [0, 0.1) is 0 Å². The van der Waals surface area contributed by atoms with Crippen molar-refractivity contribution < 1.29 is 9.90 Å². The van der Waals surface area contributed by atoms with Crippen LogP contribution < -0.4 is 0 Å². The summed E-state index contributed by atoms with van der Waals surface area (Å²) in [6.07, 6.45) is 8.94. The molecule has 0 bridgehead atoms. The smallest absolute Gasteiger partial charge is 0.303 e. The number of carbonyl (C=O) groups is 1. The van der Waals surface area contributed by atoms with Gasteiger partial charge in [-0.25, -0.2) is 0 Å². The first-order valence-corrected chi connectivity index (χ1v) is 4.80. The van der Waals surface area contributed by atoms with Crippen LogP contribution in [0.25, 0.3) is 0 Å². The van der Waals surface area contributed by atoms with Gasteiger partial charge in [-0.2, -0.15) is 0 Å². The lowest BCUT2D eigenvalue weighted by Crippen LogP contribution is -1.91. The number of rotatable bonds is 6. The Bertz CT molecular complexity index is 229. The minimum absolute atomic E-state index is 0.194. The molecule has 0 aromatic rings. The molecule has 0 aliphatic heterocycles. The van der Waals surface area contributed by atoms with E-state index < -0.39 is 5.97 Å². The highest BCUT2D eigenvalue weighted by molar-refractivity contribution is 9.11. The van der Waals surface area contributed by atoms with Crippen molar-refractivity contribution in [1.82, 2.24) is 0 Å². The minimum Gasteiger partial charge on any atom is -0.481 e. The van der Waals surface area contributed by atoms with Crippen molar-refractivity contribution in [3.8, 4) is 0 Å². The van der Waals surface area contributed by atoms with Crippen molar-refractivity contribution in [3.63, 3.8) is 0 Å². The van der Waals surface area contributed by atoms with E-state index in [2.05, 4.69) is 22.5 Å². The minimum atomic E-state index is -0.759. The van der Waals surface area contributed by atoms with Gasteiger partial charge in [0.05, 0.1) is 0 Å². The maximum Gasteiger partial charge on any atom is 0.303 e. The Labute approximate surface area is 86.8 Å². The average Bonchev–Trinajstić information content (AvgIpc) is 2.03. The molecule has 1 N–H and O–H groups in total. The van der Waals surface area contributed by atoms with Crippen molar-refractivity contribution in [2.75, 3.05) is 0 Å². The van der Waals surface area contributed by atoms with E-state index in [1.165, 1.54) is 0 Å². The third-order valence-corrected chi connectivity index (χ3v) is 1.89. The number of allylic oxidation sites excluding steroid dienone is 5. The molecule has 72 valence electrons. The molecule has 0 aliphatic carbocycles. The third-order valence-electron chi connectivity index (χ3n) is 1.30. The van der Waals surface area contributed by atoms with Gasteiger partial charge in [0.15, 0.2) is 0 Å². The van der Waals surface area contributed by atoms with Crippen LogP contribution in [0.4, 0.5) is 0 Å². The second kappa shape index (κ2) is 7.80. The van der Waals surface area contributed by atoms with Crippen molar-refractivity contribution in [2.24, 2.45) is 0 Å². The van der Waals surface area contributed by atoms with Gasteiger partial charge >= 0.3 is 5.97 Å². The van der Waals surface area contributed by atoms with Gasteiger partial charge < -0.3 is 5.11 Å². The largest absolute Gasteiger partial charge is 0.481 e. The van der Waals surface area contributed by atoms with Gasteiger partial charge in [0.1, 0.15) is 0 Å². The molecule has 0 saturated heterocycles. The molecule has 0 aromatic carbocycles. The van der Waals surface area contributed by atoms with Gasteiger partial charge in [-0.3, -0.25) is 4.79 Å². The molecule has 0 atom stereocenters. The maximum atomic E-state index is 10.1. The second-order valence-electron chi connectivity index (χ2n) is 2.46. The molecule has 2 nitrogen and oxygen atoms in total. The lowest BCUT2D eigenvalue weighted by Gasteiger charge is -1.90. The first-order valence-electron chi connectivity index (χ1n) is 4.00. The van der Waals surface area contributed by atoms with E-state index in [0.29, 0.717) is 6.42 Å². The molecule has 0 fully saturated rings. The Hall–Kier alpha value is -0.830. The molecule has 0 unspecified atom stereocenters. The van der Waals surface area contributed by atoms with Crippen LogP contribution in [0.5, 0.6) is 0 Å². The molecule has 0 saturated carbocycles. The summed E-state index contributed by atoms with van der Waals surface area (Å²) < 4.78 is 1.04. The summed E-state index contributed by atoms with van der Waals surface area (Å²) in [6, 6.07) is 0. The van der Waals surface area contributed by atoms with Crippen LogP contribution in [0.15, 0.2) is 35.4 Å². The standard InChI is InChI=1S/C10H13BrO2/c1-2-6-9(11)7-4-3-5-8-10(12)13/h2-4,6H,1,5,7-8H2,(H,12,13)/b4-3-,9-6+. The van der Waals surface area contributed by atoms with E-state index in [9.17, 15) is 4.79 Å². The molecule has 0 radical (unpaired) electrons. The van der Waals surface area contributed by atoms with E-state index in [0.717, 1.165) is 10.9 Å². The molecule has 0 rings (SSSR count). The molecule has 0 aromatic heterocycles. The van der Waals surface area contributed by atoms with E-state index in [4.69, 9.17) is 5.11 Å². The number of carboxylic acid groups (broad SMARTS) is 1. The molecule has 0 spiro atoms. The maximum absolute atomic E-state index is 10.1. The van der Waals surface area contributed by atoms with Crippen LogP contribution in [-0.2, 0) is 4.79 Å². The van der Waals surface area contributed by atoms with E-state index in [1.807, 2.05) is 18.2 Å². The predicted molar refractivity (Wildman–Crippen MR) is 57.8 cm³/mol. The van der Waals surface area contributed by atoms with Gasteiger partial charge in [0, 0.05) is 6.42 Å². The predicted octanol–water partition coefficient (Wildman–Crippen LogP) is 3.26. The van der Waals surface area contributed by atoms with E-state index in [-0.39, 0.29) is 6.42 Å². The van der Waals surface area contributed by atoms with E-state index in [1.54, 1.807) is 6.08 Å². The number of aliphatic carboxylic acids is 1. The number of halogens is 1. The lowest BCUT2D eigenvalue weighted by molar-refractivity contribution is -0.136. The Morgan fingerprint density at radius 2 is 2.15 bits per heavy atom. The SMILES string of the molecule is C=C/C=C(/Br)C/C=C\CCC(=O)O. The van der Waals surface area contributed by atoms with Crippen molar-refractivity contribution in [2.45, 2.75) is 19.3 Å². The average molecular weight is 245 g/mol. The summed E-state index contributed by atoms with van der Waals surface area (Å²) in [5.74, 6) is -0.759. The Morgan fingerprint density at radius 3 is 2.69 bits per heavy atom. The topological polar surface area (TPSA) is 37.3 Å². The van der Waals surface area contributed by atoms with Crippen LogP contribution in [0.3, 0.4) is 0 Å². The first kappa shape index (κ1) is 12.2. The highest BCUT2D eigenvalue weighted by atomic mass is 79.9. The Kier molecular flexibility index (Phi) is 7.30. The molecule has 13 heavy (non-hydrogen) atoms. The second-order valence-corrected chi connectivity index (χ2v) is 3.48. The number of carboxylic acids is 1. The van der Waals surface area contributed by atoms with Crippen LogP contribution in [-0.4, -0.2) is 11.1 Å². The zero-order valence-corrected chi connectivity index (χ0v) is 8.96. The Balaban J connectivity index is 3.57. The van der Waals surface area contributed by atoms with Crippen LogP contribution in [0.1, 0.15) is 19.3 Å². The first-order chi connectivity index (χ1) is 6.16. The van der Waals surface area contributed by atoms with Gasteiger partial charge in [-0.1, -0.05) is 46.8 Å². The van der Waals surface area contributed by atoms with Gasteiger partial charge in [0.2, 0.25) is 0 Å². The molecule has 0 heterocycles. The highest BCUT2D eigenvalue weighted by Gasteiger charge is 1.91. The van der Waals surface area contributed by atoms with Crippen molar-refractivity contribution in [3.05, 3.63) is 35.4 Å². The number of hydrogen-bond donors (Lipinski definition) is 1. The third kappa shape index (κ3) is 9.08.